The molecule has 0 aromatic heterocycles. The maximum absolute atomic E-state index is 12.5. The third-order valence-electron chi connectivity index (χ3n) is 4.02. The molecule has 124 valence electrons. The van der Waals surface area contributed by atoms with Gasteiger partial charge in [-0.3, -0.25) is 20.2 Å². The van der Waals surface area contributed by atoms with E-state index in [1.54, 1.807) is 30.3 Å². The van der Waals surface area contributed by atoms with Gasteiger partial charge in [0.25, 0.3) is 0 Å². The number of unbranched alkanes of at least 4 members (excludes halogenated alkanes) is 3. The van der Waals surface area contributed by atoms with E-state index in [4.69, 9.17) is 0 Å². The third kappa shape index (κ3) is 3.90. The van der Waals surface area contributed by atoms with Gasteiger partial charge in [0.1, 0.15) is 0 Å². The lowest BCUT2D eigenvalue weighted by atomic mass is 9.73. The summed E-state index contributed by atoms with van der Waals surface area (Å²) in [5, 5.41) is 4.40. The largest absolute Gasteiger partial charge is 0.328 e. The number of halogens is 1. The average Bonchev–Trinajstić information content (AvgIpc) is 2.54. The number of amides is 4. The molecule has 0 atom stereocenters. The second-order valence-electron chi connectivity index (χ2n) is 5.49. The summed E-state index contributed by atoms with van der Waals surface area (Å²) < 4.78 is 12.0. The SMILES string of the molecule is O=C1NC(=O)C(CCCCCCSF)(c2ccccc2)C(=O)N1. The number of carbonyl (C=O) groups is 3. The minimum Gasteiger partial charge on any atom is -0.277 e. The van der Waals surface area contributed by atoms with Crippen molar-refractivity contribution in [1.82, 2.24) is 10.6 Å². The van der Waals surface area contributed by atoms with Gasteiger partial charge in [-0.2, -0.15) is 3.89 Å². The number of urea groups is 1. The summed E-state index contributed by atoms with van der Waals surface area (Å²) in [7, 11) is 0. The molecule has 0 spiro atoms. The first kappa shape index (κ1) is 17.5. The topological polar surface area (TPSA) is 75.3 Å². The van der Waals surface area contributed by atoms with Crippen LogP contribution in [-0.2, 0) is 15.0 Å². The molecule has 23 heavy (non-hydrogen) atoms. The highest BCUT2D eigenvalue weighted by molar-refractivity contribution is 7.94. The lowest BCUT2D eigenvalue weighted by Gasteiger charge is -2.34. The number of rotatable bonds is 8. The molecule has 0 saturated carbocycles. The van der Waals surface area contributed by atoms with E-state index < -0.39 is 23.3 Å². The van der Waals surface area contributed by atoms with E-state index in [9.17, 15) is 18.3 Å². The molecule has 1 fully saturated rings. The van der Waals surface area contributed by atoms with E-state index in [0.29, 0.717) is 36.3 Å². The maximum atomic E-state index is 12.5. The summed E-state index contributed by atoms with van der Waals surface area (Å²) in [6.07, 6.45) is 3.34. The second kappa shape index (κ2) is 8.10. The monoisotopic (exact) mass is 338 g/mol. The van der Waals surface area contributed by atoms with Crippen LogP contribution in [0, 0.1) is 0 Å². The van der Waals surface area contributed by atoms with Crippen molar-refractivity contribution < 1.29 is 18.3 Å². The number of carbonyl (C=O) groups excluding carboxylic acids is 3. The summed E-state index contributed by atoms with van der Waals surface area (Å²) in [5.41, 5.74) is -0.814. The van der Waals surface area contributed by atoms with Crippen LogP contribution in [0.5, 0.6) is 0 Å². The number of hydrogen-bond acceptors (Lipinski definition) is 4. The molecule has 7 heteroatoms. The lowest BCUT2D eigenvalue weighted by molar-refractivity contribution is -0.139. The smallest absolute Gasteiger partial charge is 0.277 e. The van der Waals surface area contributed by atoms with Crippen molar-refractivity contribution >= 4 is 30.0 Å². The first-order chi connectivity index (χ1) is 11.1. The van der Waals surface area contributed by atoms with E-state index in [2.05, 4.69) is 10.6 Å². The van der Waals surface area contributed by atoms with Crippen molar-refractivity contribution in [2.45, 2.75) is 37.5 Å². The van der Waals surface area contributed by atoms with Crippen LogP contribution < -0.4 is 10.6 Å². The Morgan fingerprint density at radius 3 is 2.13 bits per heavy atom. The first-order valence-electron chi connectivity index (χ1n) is 7.57. The van der Waals surface area contributed by atoms with Crippen LogP contribution in [0.3, 0.4) is 0 Å². The van der Waals surface area contributed by atoms with Gasteiger partial charge in [0, 0.05) is 17.9 Å². The minimum atomic E-state index is -1.38. The van der Waals surface area contributed by atoms with E-state index in [0.717, 1.165) is 19.3 Å². The number of benzene rings is 1. The minimum absolute atomic E-state index is 0.310. The average molecular weight is 338 g/mol. The lowest BCUT2D eigenvalue weighted by Crippen LogP contribution is -2.64. The van der Waals surface area contributed by atoms with Crippen molar-refractivity contribution in [3.8, 4) is 0 Å². The van der Waals surface area contributed by atoms with E-state index >= 15 is 0 Å². The molecule has 1 aromatic carbocycles. The Balaban J connectivity index is 2.14. The van der Waals surface area contributed by atoms with Gasteiger partial charge in [-0.25, -0.2) is 4.79 Å². The Labute approximate surface area is 138 Å². The summed E-state index contributed by atoms with van der Waals surface area (Å²) in [4.78, 5) is 36.3. The molecule has 1 aliphatic rings. The highest BCUT2D eigenvalue weighted by Crippen LogP contribution is 2.33. The predicted octanol–water partition coefficient (Wildman–Crippen LogP) is 2.86. The molecule has 2 rings (SSSR count). The van der Waals surface area contributed by atoms with Crippen LogP contribution in [0.1, 0.15) is 37.7 Å². The fourth-order valence-electron chi connectivity index (χ4n) is 2.81. The normalized spacial score (nSPS) is 16.8. The van der Waals surface area contributed by atoms with E-state index in [1.165, 1.54) is 0 Å². The van der Waals surface area contributed by atoms with Crippen LogP contribution in [0.4, 0.5) is 8.68 Å². The molecular weight excluding hydrogens is 319 g/mol. The highest BCUT2D eigenvalue weighted by atomic mass is 32.2. The van der Waals surface area contributed by atoms with Gasteiger partial charge in [-0.05, 0) is 18.4 Å². The first-order valence-corrected chi connectivity index (χ1v) is 8.46. The highest BCUT2D eigenvalue weighted by Gasteiger charge is 2.50. The molecule has 1 saturated heterocycles. The molecule has 0 radical (unpaired) electrons. The molecule has 5 nitrogen and oxygen atoms in total. The van der Waals surface area contributed by atoms with Gasteiger partial charge < -0.3 is 0 Å². The van der Waals surface area contributed by atoms with Crippen LogP contribution in [0.25, 0.3) is 0 Å². The molecule has 0 aliphatic carbocycles. The van der Waals surface area contributed by atoms with Gasteiger partial charge in [0.2, 0.25) is 11.8 Å². The summed E-state index contributed by atoms with van der Waals surface area (Å²) >= 11 is 0.319. The van der Waals surface area contributed by atoms with Gasteiger partial charge in [0.15, 0.2) is 5.41 Å². The van der Waals surface area contributed by atoms with Gasteiger partial charge in [-0.1, -0.05) is 49.6 Å². The standard InChI is InChI=1S/C16H19FN2O3S/c17-23-11-7-2-1-6-10-16(12-8-4-3-5-9-12)13(20)18-15(22)19-14(16)21/h3-5,8-9H,1-2,6-7,10-11H2,(H2,18,19,20,21,22). The van der Waals surface area contributed by atoms with Gasteiger partial charge in [-0.15, -0.1) is 0 Å². The molecule has 0 unspecified atom stereocenters. The number of imide groups is 2. The van der Waals surface area contributed by atoms with Crippen LogP contribution in [0.15, 0.2) is 30.3 Å². The van der Waals surface area contributed by atoms with Crippen LogP contribution in [-0.4, -0.2) is 23.6 Å². The number of barbiturate groups is 1. The Kier molecular flexibility index (Phi) is 6.15. The number of hydrogen-bond donors (Lipinski definition) is 2. The van der Waals surface area contributed by atoms with Gasteiger partial charge in [0.05, 0.1) is 0 Å². The van der Waals surface area contributed by atoms with E-state index in [1.807, 2.05) is 0 Å². The summed E-state index contributed by atoms with van der Waals surface area (Å²) in [6.45, 7) is 0. The summed E-state index contributed by atoms with van der Waals surface area (Å²) in [5.74, 6) is -0.715. The molecule has 1 heterocycles. The molecule has 0 bridgehead atoms. The van der Waals surface area contributed by atoms with Crippen molar-refractivity contribution in [2.24, 2.45) is 0 Å². The molecular formula is C16H19FN2O3S. The van der Waals surface area contributed by atoms with Crippen molar-refractivity contribution in [3.63, 3.8) is 0 Å². The quantitative estimate of drug-likeness (QED) is 0.564. The Morgan fingerprint density at radius 1 is 0.913 bits per heavy atom. The Bertz CT molecular complexity index is 560. The second-order valence-corrected chi connectivity index (χ2v) is 6.11. The van der Waals surface area contributed by atoms with Crippen molar-refractivity contribution in [3.05, 3.63) is 35.9 Å². The zero-order valence-corrected chi connectivity index (χ0v) is 13.5. The zero-order chi connectivity index (χ0) is 16.7. The van der Waals surface area contributed by atoms with Gasteiger partial charge >= 0.3 is 6.03 Å². The third-order valence-corrected chi connectivity index (χ3v) is 4.46. The van der Waals surface area contributed by atoms with E-state index in [-0.39, 0.29) is 0 Å². The van der Waals surface area contributed by atoms with Crippen LogP contribution >= 0.6 is 12.1 Å². The van der Waals surface area contributed by atoms with Crippen LogP contribution in [0.2, 0.25) is 0 Å². The summed E-state index contributed by atoms with van der Waals surface area (Å²) in [6, 6.07) is 7.96. The predicted molar refractivity (Wildman–Crippen MR) is 86.5 cm³/mol. The van der Waals surface area contributed by atoms with Crippen molar-refractivity contribution in [2.75, 3.05) is 5.75 Å². The Hall–Kier alpha value is -1.89. The Morgan fingerprint density at radius 2 is 1.52 bits per heavy atom. The molecule has 2 N–H and O–H groups in total. The molecule has 1 aromatic rings. The molecule has 1 aliphatic heterocycles. The zero-order valence-electron chi connectivity index (χ0n) is 12.6. The fraction of sp³-hybridized carbons (Fsp3) is 0.438. The molecule has 4 amide bonds. The fourth-order valence-corrected chi connectivity index (χ4v) is 3.12. The van der Waals surface area contributed by atoms with Crippen molar-refractivity contribution in [1.29, 1.82) is 0 Å². The number of nitrogens with one attached hydrogen (secondary N) is 2. The maximum Gasteiger partial charge on any atom is 0.328 e.